The van der Waals surface area contributed by atoms with Gasteiger partial charge in [0.2, 0.25) is 0 Å². The summed E-state index contributed by atoms with van der Waals surface area (Å²) in [6, 6.07) is 16.1. The van der Waals surface area contributed by atoms with E-state index >= 15 is 0 Å². The number of rotatable bonds is 11. The zero-order valence-corrected chi connectivity index (χ0v) is 23.9. The molecular formula is C31H42N2O7. The number of hydrogen-bond donors (Lipinski definition) is 2. The van der Waals surface area contributed by atoms with Gasteiger partial charge in [-0.3, -0.25) is 14.5 Å². The summed E-state index contributed by atoms with van der Waals surface area (Å²) in [6.07, 6.45) is 0.640. The number of nitrogens with one attached hydrogen (secondary N) is 1. The summed E-state index contributed by atoms with van der Waals surface area (Å²) in [5.41, 5.74) is 3.72. The van der Waals surface area contributed by atoms with Crippen molar-refractivity contribution in [3.05, 3.63) is 70.8 Å². The molecule has 2 saturated heterocycles. The number of nitrogens with zero attached hydrogens (tertiary/aromatic N) is 1. The first-order valence-electron chi connectivity index (χ1n) is 14.1. The van der Waals surface area contributed by atoms with E-state index in [9.17, 15) is 14.7 Å². The third-order valence-corrected chi connectivity index (χ3v) is 7.83. The largest absolute Gasteiger partial charge is 0.453 e. The van der Waals surface area contributed by atoms with Crippen molar-refractivity contribution in [3.63, 3.8) is 0 Å². The molecule has 218 valence electrons. The molecule has 2 aromatic carbocycles. The van der Waals surface area contributed by atoms with Gasteiger partial charge in [0.1, 0.15) is 0 Å². The van der Waals surface area contributed by atoms with Crippen LogP contribution >= 0.6 is 0 Å². The number of aliphatic hydroxyl groups excluding tert-OH is 1. The summed E-state index contributed by atoms with van der Waals surface area (Å²) < 4.78 is 23.6. The molecule has 2 aliphatic heterocycles. The normalized spacial score (nSPS) is 25.9. The highest BCUT2D eigenvalue weighted by molar-refractivity contribution is 5.82. The predicted octanol–water partition coefficient (Wildman–Crippen LogP) is 3.65. The lowest BCUT2D eigenvalue weighted by molar-refractivity contribution is -0.276. The topological polar surface area (TPSA) is 107 Å². The van der Waals surface area contributed by atoms with E-state index < -0.39 is 18.4 Å². The molecule has 0 aromatic heterocycles. The maximum atomic E-state index is 12.2. The van der Waals surface area contributed by atoms with Crippen molar-refractivity contribution in [1.29, 1.82) is 0 Å². The van der Waals surface area contributed by atoms with E-state index in [0.717, 1.165) is 48.2 Å². The first-order valence-corrected chi connectivity index (χ1v) is 14.1. The van der Waals surface area contributed by atoms with Crippen LogP contribution in [0.4, 0.5) is 0 Å². The molecule has 2 N–H and O–H groups in total. The quantitative estimate of drug-likeness (QED) is 0.406. The van der Waals surface area contributed by atoms with Gasteiger partial charge < -0.3 is 29.4 Å². The number of aliphatic hydroxyl groups is 1. The van der Waals surface area contributed by atoms with E-state index in [1.165, 1.54) is 6.92 Å². The predicted molar refractivity (Wildman–Crippen MR) is 149 cm³/mol. The number of methoxy groups -OCH3 is 1. The molecule has 9 heteroatoms. The van der Waals surface area contributed by atoms with Crippen molar-refractivity contribution in [2.45, 2.75) is 77.4 Å². The Bertz CT molecular complexity index is 1110. The van der Waals surface area contributed by atoms with Crippen LogP contribution in [0.2, 0.25) is 0 Å². The Morgan fingerprint density at radius 3 is 2.40 bits per heavy atom. The van der Waals surface area contributed by atoms with Gasteiger partial charge in [-0.2, -0.15) is 0 Å². The van der Waals surface area contributed by atoms with Crippen molar-refractivity contribution in [2.24, 2.45) is 5.92 Å². The Kier molecular flexibility index (Phi) is 10.7. The molecule has 40 heavy (non-hydrogen) atoms. The monoisotopic (exact) mass is 554 g/mol. The minimum atomic E-state index is -0.845. The summed E-state index contributed by atoms with van der Waals surface area (Å²) in [4.78, 5) is 25.8. The molecule has 0 aliphatic carbocycles. The van der Waals surface area contributed by atoms with Crippen LogP contribution in [0.5, 0.6) is 0 Å². The van der Waals surface area contributed by atoms with E-state index in [-0.39, 0.29) is 30.6 Å². The zero-order chi connectivity index (χ0) is 28.6. The van der Waals surface area contributed by atoms with Crippen LogP contribution in [0.3, 0.4) is 0 Å². The van der Waals surface area contributed by atoms with Crippen LogP contribution in [0.1, 0.15) is 68.3 Å². The average molecular weight is 555 g/mol. The van der Waals surface area contributed by atoms with Gasteiger partial charge >= 0.3 is 5.97 Å². The first kappa shape index (κ1) is 30.1. The Balaban J connectivity index is 1.48. The third kappa shape index (κ3) is 7.67. The molecule has 2 aromatic rings. The molecule has 6 atom stereocenters. The van der Waals surface area contributed by atoms with Crippen molar-refractivity contribution in [1.82, 2.24) is 10.2 Å². The van der Waals surface area contributed by atoms with Crippen LogP contribution in [0, 0.1) is 5.92 Å². The third-order valence-electron chi connectivity index (χ3n) is 7.83. The van der Waals surface area contributed by atoms with Crippen molar-refractivity contribution in [2.75, 3.05) is 26.8 Å². The summed E-state index contributed by atoms with van der Waals surface area (Å²) >= 11 is 0. The minimum absolute atomic E-state index is 0.00103. The Labute approximate surface area is 236 Å². The van der Waals surface area contributed by atoms with Gasteiger partial charge in [-0.1, -0.05) is 55.5 Å². The lowest BCUT2D eigenvalue weighted by atomic mass is 9.90. The highest BCUT2D eigenvalue weighted by atomic mass is 16.7. The number of carbonyl (C=O) groups is 2. The number of esters is 1. The minimum Gasteiger partial charge on any atom is -0.453 e. The molecule has 2 aliphatic rings. The van der Waals surface area contributed by atoms with Crippen LogP contribution in [0.15, 0.2) is 48.5 Å². The van der Waals surface area contributed by atoms with Crippen LogP contribution in [0.25, 0.3) is 0 Å². The van der Waals surface area contributed by atoms with Gasteiger partial charge in [0, 0.05) is 44.6 Å². The van der Waals surface area contributed by atoms with Gasteiger partial charge in [0.25, 0.3) is 5.91 Å². The van der Waals surface area contributed by atoms with E-state index in [0.29, 0.717) is 19.2 Å². The van der Waals surface area contributed by atoms with E-state index in [2.05, 4.69) is 17.1 Å². The summed E-state index contributed by atoms with van der Waals surface area (Å²) in [5, 5.41) is 12.3. The standard InChI is InChI=1S/C31H42N2O7/c1-20-28(17-33-15-5-6-27(33)19-37-4)39-31(40-29(20)25-11-9-24(18-34)10-12-25)26-13-7-23(8-14-26)16-32-30(36)21(2)38-22(3)35/h7-14,20-21,27-29,31,34H,5-6,15-19H2,1-4H3,(H,32,36)/t20-,21-,27-,28+,29+,31+/m0/s1. The van der Waals surface area contributed by atoms with Crippen LogP contribution < -0.4 is 5.32 Å². The van der Waals surface area contributed by atoms with Gasteiger partial charge in [0.05, 0.1) is 25.4 Å². The molecule has 1 amide bonds. The molecule has 0 unspecified atom stereocenters. The van der Waals surface area contributed by atoms with E-state index in [1.54, 1.807) is 14.0 Å². The Hall–Kier alpha value is -2.82. The van der Waals surface area contributed by atoms with Crippen molar-refractivity contribution < 1.29 is 33.6 Å². The number of ether oxygens (including phenoxy) is 4. The molecular weight excluding hydrogens is 512 g/mol. The molecule has 4 rings (SSSR count). The molecule has 2 heterocycles. The summed E-state index contributed by atoms with van der Waals surface area (Å²) in [6.45, 7) is 7.85. The fourth-order valence-corrected chi connectivity index (χ4v) is 5.50. The van der Waals surface area contributed by atoms with E-state index in [4.69, 9.17) is 18.9 Å². The second kappa shape index (κ2) is 14.2. The highest BCUT2D eigenvalue weighted by Gasteiger charge is 2.40. The lowest BCUT2D eigenvalue weighted by Gasteiger charge is -2.43. The lowest BCUT2D eigenvalue weighted by Crippen LogP contribution is -2.46. The fraction of sp³-hybridized carbons (Fsp3) is 0.548. The van der Waals surface area contributed by atoms with Crippen molar-refractivity contribution >= 4 is 11.9 Å². The molecule has 0 spiro atoms. The van der Waals surface area contributed by atoms with Crippen LogP contribution in [-0.4, -0.2) is 66.9 Å². The Morgan fingerprint density at radius 1 is 1.07 bits per heavy atom. The average Bonchev–Trinajstić information content (AvgIpc) is 3.39. The first-order chi connectivity index (χ1) is 19.3. The number of likely N-dealkylation sites (tertiary alicyclic amines) is 1. The second-order valence-corrected chi connectivity index (χ2v) is 10.8. The van der Waals surface area contributed by atoms with Gasteiger partial charge in [-0.15, -0.1) is 0 Å². The number of amides is 1. The molecule has 0 radical (unpaired) electrons. The second-order valence-electron chi connectivity index (χ2n) is 10.8. The molecule has 2 fully saturated rings. The molecule has 0 bridgehead atoms. The smallest absolute Gasteiger partial charge is 0.303 e. The number of benzene rings is 2. The highest BCUT2D eigenvalue weighted by Crippen LogP contribution is 2.42. The molecule has 9 nitrogen and oxygen atoms in total. The number of carbonyl (C=O) groups excluding carboxylic acids is 2. The summed E-state index contributed by atoms with van der Waals surface area (Å²) in [7, 11) is 1.75. The SMILES string of the molecule is COC[C@@H]1CCCN1C[C@H]1O[C@@H](c2ccc(CNC(=O)[C@H](C)OC(C)=O)cc2)O[C@@H](c2ccc(CO)cc2)[C@H]1C. The number of hydrogen-bond acceptors (Lipinski definition) is 8. The van der Waals surface area contributed by atoms with Crippen molar-refractivity contribution in [3.8, 4) is 0 Å². The maximum absolute atomic E-state index is 12.2. The van der Waals surface area contributed by atoms with Gasteiger partial charge in [-0.25, -0.2) is 0 Å². The maximum Gasteiger partial charge on any atom is 0.303 e. The van der Waals surface area contributed by atoms with E-state index in [1.807, 2.05) is 48.5 Å². The summed E-state index contributed by atoms with van der Waals surface area (Å²) in [5.74, 6) is -0.735. The Morgan fingerprint density at radius 2 is 1.75 bits per heavy atom. The fourth-order valence-electron chi connectivity index (χ4n) is 5.50. The zero-order valence-electron chi connectivity index (χ0n) is 23.9. The van der Waals surface area contributed by atoms with Gasteiger partial charge in [-0.05, 0) is 43.0 Å². The van der Waals surface area contributed by atoms with Crippen LogP contribution in [-0.2, 0) is 41.7 Å². The molecule has 0 saturated carbocycles. The van der Waals surface area contributed by atoms with Gasteiger partial charge in [0.15, 0.2) is 12.4 Å².